The second kappa shape index (κ2) is 6.80. The molecule has 3 nitrogen and oxygen atoms in total. The average molecular weight is 545 g/mol. The van der Waals surface area contributed by atoms with E-state index in [2.05, 4.69) is 130 Å². The van der Waals surface area contributed by atoms with E-state index in [0.717, 1.165) is 16.6 Å². The van der Waals surface area contributed by atoms with Crippen LogP contribution in [0.2, 0.25) is 0 Å². The van der Waals surface area contributed by atoms with Crippen molar-refractivity contribution >= 4 is 109 Å². The Morgan fingerprint density at radius 1 is 0.372 bits per heavy atom. The molecule has 7 aromatic carbocycles. The maximum Gasteiger partial charge on any atom is 0.145 e. The largest absolute Gasteiger partial charge is 0.455 e. The van der Waals surface area contributed by atoms with Gasteiger partial charge in [-0.25, -0.2) is 0 Å². The summed E-state index contributed by atoms with van der Waals surface area (Å²) in [4.78, 5) is 0. The summed E-state index contributed by atoms with van der Waals surface area (Å²) >= 11 is 0. The number of aromatic nitrogens is 2. The lowest BCUT2D eigenvalue weighted by atomic mass is 9.98. The third kappa shape index (κ3) is 2.22. The zero-order chi connectivity index (χ0) is 27.6. The van der Waals surface area contributed by atoms with E-state index in [1.54, 1.807) is 0 Å². The molecule has 3 heteroatoms. The van der Waals surface area contributed by atoms with Crippen LogP contribution in [0.3, 0.4) is 0 Å². The third-order valence-corrected chi connectivity index (χ3v) is 10.1. The van der Waals surface area contributed by atoms with Gasteiger partial charge in [-0.15, -0.1) is 0 Å². The van der Waals surface area contributed by atoms with Crippen LogP contribution in [0.4, 0.5) is 0 Å². The van der Waals surface area contributed by atoms with Gasteiger partial charge in [-0.2, -0.15) is 0 Å². The Morgan fingerprint density at radius 2 is 1.09 bits per heavy atom. The fourth-order valence-electron chi connectivity index (χ4n) is 8.48. The summed E-state index contributed by atoms with van der Waals surface area (Å²) in [6.45, 7) is 0. The Balaban J connectivity index is 1.40. The van der Waals surface area contributed by atoms with Gasteiger partial charge in [-0.05, 0) is 53.2 Å². The Morgan fingerprint density at radius 3 is 2.02 bits per heavy atom. The maximum atomic E-state index is 6.63. The zero-order valence-corrected chi connectivity index (χ0v) is 22.8. The molecule has 0 bridgehead atoms. The molecule has 5 aromatic heterocycles. The quantitative estimate of drug-likeness (QED) is 0.186. The van der Waals surface area contributed by atoms with Crippen LogP contribution in [-0.2, 0) is 0 Å². The first-order valence-electron chi connectivity index (χ1n) is 14.9. The lowest BCUT2D eigenvalue weighted by Gasteiger charge is -2.04. The van der Waals surface area contributed by atoms with Crippen LogP contribution in [0.5, 0.6) is 0 Å². The monoisotopic (exact) mass is 544 g/mol. The van der Waals surface area contributed by atoms with E-state index in [-0.39, 0.29) is 0 Å². The number of nitrogens with zero attached hydrogens (tertiary/aromatic N) is 2. The van der Waals surface area contributed by atoms with Crippen LogP contribution in [0.25, 0.3) is 109 Å². The fraction of sp³-hybridized carbons (Fsp3) is 0. The highest BCUT2D eigenvalue weighted by Gasteiger charge is 2.25. The first-order chi connectivity index (χ1) is 21.3. The van der Waals surface area contributed by atoms with Gasteiger partial charge in [0.1, 0.15) is 11.2 Å². The number of para-hydroxylation sites is 3. The van der Waals surface area contributed by atoms with Crippen LogP contribution >= 0.6 is 0 Å². The van der Waals surface area contributed by atoms with Crippen molar-refractivity contribution in [3.63, 3.8) is 0 Å². The number of benzene rings is 7. The molecular formula is C40H20N2O. The van der Waals surface area contributed by atoms with Crippen molar-refractivity contribution < 1.29 is 4.42 Å². The first kappa shape index (κ1) is 21.0. The zero-order valence-electron chi connectivity index (χ0n) is 22.8. The second-order valence-corrected chi connectivity index (χ2v) is 12.1. The van der Waals surface area contributed by atoms with Crippen LogP contribution in [0.15, 0.2) is 126 Å². The number of rotatable bonds is 0. The molecule has 12 rings (SSSR count). The third-order valence-electron chi connectivity index (χ3n) is 10.1. The van der Waals surface area contributed by atoms with E-state index < -0.39 is 0 Å². The predicted molar refractivity (Wildman–Crippen MR) is 181 cm³/mol. The molecule has 43 heavy (non-hydrogen) atoms. The van der Waals surface area contributed by atoms with E-state index in [9.17, 15) is 0 Å². The highest BCUT2D eigenvalue weighted by Crippen LogP contribution is 2.48. The molecule has 0 aliphatic carbocycles. The summed E-state index contributed by atoms with van der Waals surface area (Å²) in [5, 5.41) is 15.2. The lowest BCUT2D eigenvalue weighted by molar-refractivity contribution is 0.673. The van der Waals surface area contributed by atoms with Crippen LogP contribution < -0.4 is 0 Å². The van der Waals surface area contributed by atoms with E-state index in [1.165, 1.54) is 92.3 Å². The lowest BCUT2D eigenvalue weighted by Crippen LogP contribution is -1.84. The molecule has 0 fully saturated rings. The minimum absolute atomic E-state index is 0.934. The summed E-state index contributed by atoms with van der Waals surface area (Å²) in [5.74, 6) is 0. The molecule has 0 N–H and O–H groups in total. The molecule has 0 aliphatic heterocycles. The summed E-state index contributed by atoms with van der Waals surface area (Å²) in [5.41, 5.74) is 9.43. The summed E-state index contributed by atoms with van der Waals surface area (Å²) in [6.07, 6.45) is 0. The van der Waals surface area contributed by atoms with Crippen molar-refractivity contribution in [1.29, 1.82) is 0 Å². The Labute approximate surface area is 243 Å². The molecule has 0 amide bonds. The van der Waals surface area contributed by atoms with E-state index in [1.807, 2.05) is 0 Å². The van der Waals surface area contributed by atoms with Gasteiger partial charge < -0.3 is 13.2 Å². The molecule has 0 aliphatic rings. The molecule has 0 saturated carbocycles. The standard InChI is InChI=1S/C40H20N2O/c1-2-9-22-21(8-1)18-30-37-32(17-16-27-24-11-4-6-15-35(24)43-40(27)37)42-34-20-33-28(19-29(34)36(22)39(30)42)26-13-7-12-25-23-10-3-5-14-31(23)41(33)38(25)26/h1-20H. The number of hydrogen-bond acceptors (Lipinski definition) is 1. The summed E-state index contributed by atoms with van der Waals surface area (Å²) in [6, 6.07) is 44.6. The van der Waals surface area contributed by atoms with Gasteiger partial charge >= 0.3 is 0 Å². The average Bonchev–Trinajstić information content (AvgIpc) is 3.84. The smallest absolute Gasteiger partial charge is 0.145 e. The number of fused-ring (bicyclic) bond motifs is 18. The molecule has 12 aromatic rings. The molecular weight excluding hydrogens is 524 g/mol. The van der Waals surface area contributed by atoms with Crippen molar-refractivity contribution in [3.05, 3.63) is 121 Å². The van der Waals surface area contributed by atoms with Gasteiger partial charge in [0.25, 0.3) is 0 Å². The highest BCUT2D eigenvalue weighted by atomic mass is 16.3. The van der Waals surface area contributed by atoms with Crippen molar-refractivity contribution in [1.82, 2.24) is 8.80 Å². The van der Waals surface area contributed by atoms with Crippen LogP contribution in [-0.4, -0.2) is 8.80 Å². The van der Waals surface area contributed by atoms with E-state index >= 15 is 0 Å². The Bertz CT molecular complexity index is 3170. The normalized spacial score (nSPS) is 13.1. The van der Waals surface area contributed by atoms with E-state index in [4.69, 9.17) is 4.42 Å². The van der Waals surface area contributed by atoms with E-state index in [0.29, 0.717) is 0 Å². The predicted octanol–water partition coefficient (Wildman–Crippen LogP) is 11.0. The van der Waals surface area contributed by atoms with Gasteiger partial charge in [-0.1, -0.05) is 78.9 Å². The summed E-state index contributed by atoms with van der Waals surface area (Å²) in [7, 11) is 0. The SMILES string of the molecule is c1ccc2c(c1)cc1c3c4oc5ccccc5c4ccc3n3c4cc5c(cc4c2c13)c1cccc2c3ccccc3n5c21. The van der Waals surface area contributed by atoms with Crippen LogP contribution in [0.1, 0.15) is 0 Å². The number of furan rings is 1. The van der Waals surface area contributed by atoms with Gasteiger partial charge in [0, 0.05) is 48.5 Å². The molecule has 196 valence electrons. The van der Waals surface area contributed by atoms with Crippen molar-refractivity contribution in [2.24, 2.45) is 0 Å². The fourth-order valence-corrected chi connectivity index (χ4v) is 8.48. The second-order valence-electron chi connectivity index (χ2n) is 12.1. The molecule has 0 saturated heterocycles. The highest BCUT2D eigenvalue weighted by molar-refractivity contribution is 6.36. The van der Waals surface area contributed by atoms with Crippen molar-refractivity contribution in [2.45, 2.75) is 0 Å². The van der Waals surface area contributed by atoms with Gasteiger partial charge in [-0.3, -0.25) is 0 Å². The Hall–Kier alpha value is -5.80. The first-order valence-corrected chi connectivity index (χ1v) is 14.9. The minimum Gasteiger partial charge on any atom is -0.455 e. The van der Waals surface area contributed by atoms with Gasteiger partial charge in [0.05, 0.1) is 38.5 Å². The molecule has 5 heterocycles. The van der Waals surface area contributed by atoms with Gasteiger partial charge in [0.2, 0.25) is 0 Å². The molecule has 0 radical (unpaired) electrons. The maximum absolute atomic E-state index is 6.63. The van der Waals surface area contributed by atoms with Gasteiger partial charge in [0.15, 0.2) is 0 Å². The summed E-state index contributed by atoms with van der Waals surface area (Å²) < 4.78 is 11.6. The molecule has 0 spiro atoms. The van der Waals surface area contributed by atoms with Crippen molar-refractivity contribution in [2.75, 3.05) is 0 Å². The van der Waals surface area contributed by atoms with Crippen molar-refractivity contribution in [3.8, 4) is 0 Å². The Kier molecular flexibility index (Phi) is 3.32. The molecule has 0 unspecified atom stereocenters. The topological polar surface area (TPSA) is 22.0 Å². The molecule has 0 atom stereocenters. The number of hydrogen-bond donors (Lipinski definition) is 0. The van der Waals surface area contributed by atoms with Crippen LogP contribution in [0, 0.1) is 0 Å². The minimum atomic E-state index is 0.934.